The minimum Gasteiger partial charge on any atom is -0.497 e. The predicted octanol–water partition coefficient (Wildman–Crippen LogP) is 3.84. The summed E-state index contributed by atoms with van der Waals surface area (Å²) >= 11 is 0. The Morgan fingerprint density at radius 1 is 1.06 bits per heavy atom. The van der Waals surface area contributed by atoms with Gasteiger partial charge in [0.05, 0.1) is 20.1 Å². The smallest absolute Gasteiger partial charge is 0.205 e. The van der Waals surface area contributed by atoms with E-state index in [-0.39, 0.29) is 11.8 Å². The van der Waals surface area contributed by atoms with Gasteiger partial charge in [0.15, 0.2) is 0 Å². The molecule has 158 valence electrons. The Morgan fingerprint density at radius 3 is 2.26 bits per heavy atom. The highest BCUT2D eigenvalue weighted by Gasteiger charge is 2.36. The normalized spacial score (nSPS) is 18.1. The summed E-state index contributed by atoms with van der Waals surface area (Å²) in [5.41, 5.74) is 10.8. The summed E-state index contributed by atoms with van der Waals surface area (Å²) in [6.07, 6.45) is 2.76. The van der Waals surface area contributed by atoms with Crippen molar-refractivity contribution in [3.05, 3.63) is 94.2 Å². The molecule has 2 heterocycles. The number of ether oxygens (including phenoxy) is 3. The van der Waals surface area contributed by atoms with E-state index in [1.807, 2.05) is 55.6 Å². The second-order valence-corrected chi connectivity index (χ2v) is 7.65. The maximum absolute atomic E-state index is 9.85. The number of benzene rings is 2. The number of hydrogen-bond acceptors (Lipinski definition) is 6. The van der Waals surface area contributed by atoms with Crippen LogP contribution < -0.4 is 15.2 Å². The van der Waals surface area contributed by atoms with Gasteiger partial charge < -0.3 is 24.8 Å². The summed E-state index contributed by atoms with van der Waals surface area (Å²) in [7, 11) is 5.31. The van der Waals surface area contributed by atoms with Crippen LogP contribution in [0.1, 0.15) is 17.0 Å². The molecule has 2 aliphatic rings. The molecule has 6 heteroatoms. The maximum atomic E-state index is 9.85. The molecule has 0 aromatic heterocycles. The van der Waals surface area contributed by atoms with E-state index in [0.29, 0.717) is 18.5 Å². The van der Waals surface area contributed by atoms with Crippen molar-refractivity contribution in [1.82, 2.24) is 4.90 Å². The highest BCUT2D eigenvalue weighted by atomic mass is 16.5. The zero-order chi connectivity index (χ0) is 22.0. The third kappa shape index (κ3) is 3.95. The van der Waals surface area contributed by atoms with Gasteiger partial charge >= 0.3 is 0 Å². The average Bonchev–Trinajstić information content (AvgIpc) is 2.79. The van der Waals surface area contributed by atoms with E-state index in [4.69, 9.17) is 19.9 Å². The summed E-state index contributed by atoms with van der Waals surface area (Å²) in [5, 5.41) is 9.85. The van der Waals surface area contributed by atoms with Crippen molar-refractivity contribution in [3.63, 3.8) is 0 Å². The molecule has 6 nitrogen and oxygen atoms in total. The number of allylic oxidation sites excluding steroid dienone is 2. The van der Waals surface area contributed by atoms with Crippen LogP contribution >= 0.6 is 0 Å². The Labute approximate surface area is 182 Å². The molecule has 0 saturated heterocycles. The minimum absolute atomic E-state index is 0.159. The van der Waals surface area contributed by atoms with Gasteiger partial charge in [-0.3, -0.25) is 0 Å². The Balaban J connectivity index is 1.75. The highest BCUT2D eigenvalue weighted by molar-refractivity contribution is 5.55. The van der Waals surface area contributed by atoms with E-state index in [0.717, 1.165) is 39.5 Å². The molecule has 0 radical (unpaired) electrons. The van der Waals surface area contributed by atoms with Crippen molar-refractivity contribution >= 4 is 0 Å². The van der Waals surface area contributed by atoms with E-state index < -0.39 is 0 Å². The monoisotopic (exact) mass is 415 g/mol. The minimum atomic E-state index is -0.262. The van der Waals surface area contributed by atoms with Crippen molar-refractivity contribution in [2.24, 2.45) is 5.73 Å². The van der Waals surface area contributed by atoms with Crippen LogP contribution in [0.25, 0.3) is 0 Å². The Bertz CT molecular complexity index is 1110. The van der Waals surface area contributed by atoms with E-state index in [2.05, 4.69) is 17.2 Å². The van der Waals surface area contributed by atoms with E-state index in [1.54, 1.807) is 14.2 Å². The van der Waals surface area contributed by atoms with E-state index in [9.17, 15) is 5.26 Å². The third-order valence-corrected chi connectivity index (χ3v) is 5.62. The molecule has 1 atom stereocenters. The van der Waals surface area contributed by atoms with Crippen LogP contribution in [-0.4, -0.2) is 32.7 Å². The highest BCUT2D eigenvalue weighted by Crippen LogP contribution is 2.43. The van der Waals surface area contributed by atoms with Crippen LogP contribution in [-0.2, 0) is 11.2 Å². The van der Waals surface area contributed by atoms with E-state index >= 15 is 0 Å². The lowest BCUT2D eigenvalue weighted by Gasteiger charge is -2.35. The summed E-state index contributed by atoms with van der Waals surface area (Å²) in [6.45, 7) is 0.649. The van der Waals surface area contributed by atoms with Gasteiger partial charge in [-0.2, -0.15) is 5.26 Å². The van der Waals surface area contributed by atoms with Crippen LogP contribution in [0.3, 0.4) is 0 Å². The number of nitriles is 1. The number of nitrogens with zero attached hydrogens (tertiary/aromatic N) is 2. The molecular formula is C25H25N3O3. The van der Waals surface area contributed by atoms with Crippen LogP contribution in [0.2, 0.25) is 0 Å². The second kappa shape index (κ2) is 8.49. The number of nitrogens with two attached hydrogens (primary N) is 1. The largest absolute Gasteiger partial charge is 0.497 e. The van der Waals surface area contributed by atoms with Crippen LogP contribution in [0, 0.1) is 11.3 Å². The lowest BCUT2D eigenvalue weighted by atomic mass is 9.80. The maximum Gasteiger partial charge on any atom is 0.205 e. The fraction of sp³-hybridized carbons (Fsp3) is 0.240. The van der Waals surface area contributed by atoms with Crippen LogP contribution in [0.4, 0.5) is 0 Å². The fourth-order valence-corrected chi connectivity index (χ4v) is 4.13. The van der Waals surface area contributed by atoms with Crippen molar-refractivity contribution in [2.45, 2.75) is 12.3 Å². The molecule has 4 rings (SSSR count). The van der Waals surface area contributed by atoms with E-state index in [1.165, 1.54) is 0 Å². The quantitative estimate of drug-likeness (QED) is 0.799. The Hall–Kier alpha value is -3.85. The van der Waals surface area contributed by atoms with Crippen LogP contribution in [0.5, 0.6) is 11.5 Å². The van der Waals surface area contributed by atoms with Crippen molar-refractivity contribution in [3.8, 4) is 17.6 Å². The SMILES string of the molecule is COc1ccc(CC2=CN(C)CC3=C2OC(N)=C(C#N)[C@@H]3c2ccc(OC)cc2)cc1. The molecule has 0 fully saturated rings. The summed E-state index contributed by atoms with van der Waals surface area (Å²) in [6, 6.07) is 18.0. The van der Waals surface area contributed by atoms with Gasteiger partial charge in [0, 0.05) is 37.4 Å². The molecule has 0 unspecified atom stereocenters. The van der Waals surface area contributed by atoms with Crippen molar-refractivity contribution in [2.75, 3.05) is 27.8 Å². The Kier molecular flexibility index (Phi) is 5.59. The summed E-state index contributed by atoms with van der Waals surface area (Å²) in [4.78, 5) is 2.12. The molecule has 2 aromatic carbocycles. The molecule has 2 N–H and O–H groups in total. The van der Waals surface area contributed by atoms with Gasteiger partial charge in [0.25, 0.3) is 0 Å². The first-order valence-electron chi connectivity index (χ1n) is 10.0. The fourth-order valence-electron chi connectivity index (χ4n) is 4.13. The molecule has 0 bridgehead atoms. The first kappa shape index (κ1) is 20.4. The zero-order valence-corrected chi connectivity index (χ0v) is 17.9. The molecule has 2 aromatic rings. The van der Waals surface area contributed by atoms with Gasteiger partial charge in [0.1, 0.15) is 28.9 Å². The molecule has 0 aliphatic carbocycles. The van der Waals surface area contributed by atoms with Crippen LogP contribution in [0.15, 0.2) is 83.1 Å². The Morgan fingerprint density at radius 2 is 1.68 bits per heavy atom. The lowest BCUT2D eigenvalue weighted by Crippen LogP contribution is -2.31. The molecule has 2 aliphatic heterocycles. The number of rotatable bonds is 5. The third-order valence-electron chi connectivity index (χ3n) is 5.62. The number of hydrogen-bond donors (Lipinski definition) is 1. The van der Waals surface area contributed by atoms with Gasteiger partial charge in [-0.25, -0.2) is 0 Å². The van der Waals surface area contributed by atoms with Gasteiger partial charge in [0.2, 0.25) is 5.88 Å². The zero-order valence-electron chi connectivity index (χ0n) is 17.9. The second-order valence-electron chi connectivity index (χ2n) is 7.65. The molecule has 0 amide bonds. The molecule has 0 spiro atoms. The van der Waals surface area contributed by atoms with Crippen molar-refractivity contribution < 1.29 is 14.2 Å². The number of methoxy groups -OCH3 is 2. The summed E-state index contributed by atoms with van der Waals surface area (Å²) in [5.74, 6) is 2.24. The first-order chi connectivity index (χ1) is 15.0. The summed E-state index contributed by atoms with van der Waals surface area (Å²) < 4.78 is 16.6. The van der Waals surface area contributed by atoms with Gasteiger partial charge in [-0.15, -0.1) is 0 Å². The standard InChI is InChI=1S/C25H25N3O3/c1-28-14-18(12-16-4-8-19(29-2)9-5-16)24-22(15-28)23(21(13-26)25(27)31-24)17-6-10-20(30-3)11-7-17/h4-11,14,23H,12,15,27H2,1-3H3/t23-/m0/s1. The predicted molar refractivity (Wildman–Crippen MR) is 118 cm³/mol. The van der Waals surface area contributed by atoms with Gasteiger partial charge in [-0.05, 0) is 35.4 Å². The topological polar surface area (TPSA) is 80.7 Å². The lowest BCUT2D eigenvalue weighted by molar-refractivity contribution is 0.270. The molecule has 0 saturated carbocycles. The van der Waals surface area contributed by atoms with Gasteiger partial charge in [-0.1, -0.05) is 24.3 Å². The first-order valence-corrected chi connectivity index (χ1v) is 10.0. The molecule has 31 heavy (non-hydrogen) atoms. The average molecular weight is 415 g/mol. The number of likely N-dealkylation sites (N-methyl/N-ethyl adjacent to an activating group) is 1. The van der Waals surface area contributed by atoms with Crippen molar-refractivity contribution in [1.29, 1.82) is 5.26 Å². The molecular weight excluding hydrogens is 390 g/mol.